The number of para-hydroxylation sites is 1. The number of rotatable bonds is 4. The van der Waals surface area contributed by atoms with Crippen LogP contribution in [-0.2, 0) is 0 Å². The number of halogens is 1. The molecular weight excluding hydrogens is 165 g/mol. The fourth-order valence-corrected chi connectivity index (χ4v) is 1.02. The van der Waals surface area contributed by atoms with Gasteiger partial charge in [0.1, 0.15) is 5.82 Å². The van der Waals surface area contributed by atoms with Crippen LogP contribution in [0.15, 0.2) is 36.4 Å². The average molecular weight is 179 g/mol. The highest BCUT2D eigenvalue weighted by atomic mass is 19.1. The number of benzene rings is 1. The molecular formula is C11H14FN. The Balaban J connectivity index is 2.45. The van der Waals surface area contributed by atoms with Gasteiger partial charge in [-0.05, 0) is 25.5 Å². The maximum atomic E-state index is 13.0. The fraction of sp³-hybridized carbons (Fsp3) is 0.273. The Morgan fingerprint density at radius 2 is 2.15 bits per heavy atom. The first-order chi connectivity index (χ1) is 6.20. The molecule has 1 aromatic carbocycles. The van der Waals surface area contributed by atoms with E-state index in [0.29, 0.717) is 5.69 Å². The molecule has 13 heavy (non-hydrogen) atoms. The lowest BCUT2D eigenvalue weighted by Crippen LogP contribution is -2.03. The molecule has 0 spiro atoms. The lowest BCUT2D eigenvalue weighted by molar-refractivity contribution is 0.630. The first kappa shape index (κ1) is 9.78. The van der Waals surface area contributed by atoms with E-state index in [1.165, 1.54) is 6.07 Å². The molecule has 0 aromatic heterocycles. The van der Waals surface area contributed by atoms with E-state index in [1.54, 1.807) is 12.1 Å². The Bertz CT molecular complexity index is 294. The lowest BCUT2D eigenvalue weighted by atomic mass is 10.2. The fourth-order valence-electron chi connectivity index (χ4n) is 1.02. The van der Waals surface area contributed by atoms with E-state index < -0.39 is 0 Å². The van der Waals surface area contributed by atoms with E-state index >= 15 is 0 Å². The van der Waals surface area contributed by atoms with Crippen LogP contribution in [0.5, 0.6) is 0 Å². The Kier molecular flexibility index (Phi) is 3.50. The van der Waals surface area contributed by atoms with E-state index in [4.69, 9.17) is 0 Å². The van der Waals surface area contributed by atoms with Crippen LogP contribution in [-0.4, -0.2) is 6.54 Å². The standard InChI is InChI=1S/C11H14FN/c1-9(2)7-8-13-11-6-4-3-5-10(11)12/h3-6,13H,1,7-8H2,2H3. The zero-order valence-electron chi connectivity index (χ0n) is 7.81. The highest BCUT2D eigenvalue weighted by molar-refractivity contribution is 5.44. The summed E-state index contributed by atoms with van der Waals surface area (Å²) in [4.78, 5) is 0. The van der Waals surface area contributed by atoms with Gasteiger partial charge in [-0.2, -0.15) is 0 Å². The molecule has 70 valence electrons. The molecule has 0 aliphatic rings. The molecule has 0 aliphatic carbocycles. The summed E-state index contributed by atoms with van der Waals surface area (Å²) in [7, 11) is 0. The molecule has 1 rings (SSSR count). The zero-order valence-corrected chi connectivity index (χ0v) is 7.81. The largest absolute Gasteiger partial charge is 0.382 e. The second-order valence-electron chi connectivity index (χ2n) is 3.11. The summed E-state index contributed by atoms with van der Waals surface area (Å²) >= 11 is 0. The maximum absolute atomic E-state index is 13.0. The first-order valence-electron chi connectivity index (χ1n) is 4.33. The van der Waals surface area contributed by atoms with E-state index in [0.717, 1.165) is 18.5 Å². The quantitative estimate of drug-likeness (QED) is 0.700. The molecule has 0 radical (unpaired) electrons. The minimum Gasteiger partial charge on any atom is -0.382 e. The third-order valence-corrected chi connectivity index (χ3v) is 1.74. The molecule has 0 aliphatic heterocycles. The van der Waals surface area contributed by atoms with Crippen LogP contribution in [0.3, 0.4) is 0 Å². The smallest absolute Gasteiger partial charge is 0.146 e. The van der Waals surface area contributed by atoms with Crippen molar-refractivity contribution in [3.8, 4) is 0 Å². The van der Waals surface area contributed by atoms with Gasteiger partial charge in [0.05, 0.1) is 5.69 Å². The van der Waals surface area contributed by atoms with Gasteiger partial charge >= 0.3 is 0 Å². The molecule has 0 amide bonds. The van der Waals surface area contributed by atoms with Crippen LogP contribution in [0.25, 0.3) is 0 Å². The van der Waals surface area contributed by atoms with Gasteiger partial charge in [0, 0.05) is 6.54 Å². The van der Waals surface area contributed by atoms with Crippen molar-refractivity contribution in [2.75, 3.05) is 11.9 Å². The van der Waals surface area contributed by atoms with Crippen molar-refractivity contribution < 1.29 is 4.39 Å². The summed E-state index contributed by atoms with van der Waals surface area (Å²) in [5.41, 5.74) is 1.66. The van der Waals surface area contributed by atoms with Crippen molar-refractivity contribution in [2.45, 2.75) is 13.3 Å². The molecule has 0 saturated heterocycles. The van der Waals surface area contributed by atoms with Crippen molar-refractivity contribution in [1.29, 1.82) is 0 Å². The van der Waals surface area contributed by atoms with Crippen LogP contribution in [0.2, 0.25) is 0 Å². The minimum atomic E-state index is -0.204. The van der Waals surface area contributed by atoms with E-state index in [9.17, 15) is 4.39 Å². The molecule has 1 N–H and O–H groups in total. The number of anilines is 1. The summed E-state index contributed by atoms with van der Waals surface area (Å²) in [6.07, 6.45) is 0.869. The number of hydrogen-bond acceptors (Lipinski definition) is 1. The van der Waals surface area contributed by atoms with Crippen LogP contribution >= 0.6 is 0 Å². The predicted octanol–water partition coefficient (Wildman–Crippen LogP) is 3.20. The van der Waals surface area contributed by atoms with Gasteiger partial charge in [-0.15, -0.1) is 6.58 Å². The average Bonchev–Trinajstić information content (AvgIpc) is 2.08. The summed E-state index contributed by atoms with van der Waals surface area (Å²) in [5, 5.41) is 3.01. The van der Waals surface area contributed by atoms with Gasteiger partial charge < -0.3 is 5.32 Å². The van der Waals surface area contributed by atoms with Crippen LogP contribution in [0.4, 0.5) is 10.1 Å². The second kappa shape index (κ2) is 4.65. The second-order valence-corrected chi connectivity index (χ2v) is 3.11. The summed E-state index contributed by atoms with van der Waals surface area (Å²) < 4.78 is 13.0. The van der Waals surface area contributed by atoms with Crippen LogP contribution in [0.1, 0.15) is 13.3 Å². The van der Waals surface area contributed by atoms with Crippen molar-refractivity contribution in [1.82, 2.24) is 0 Å². The number of hydrogen-bond donors (Lipinski definition) is 1. The SMILES string of the molecule is C=C(C)CCNc1ccccc1F. The van der Waals surface area contributed by atoms with Crippen LogP contribution < -0.4 is 5.32 Å². The molecule has 0 bridgehead atoms. The third kappa shape index (κ3) is 3.28. The van der Waals surface area contributed by atoms with E-state index in [2.05, 4.69) is 11.9 Å². The van der Waals surface area contributed by atoms with Gasteiger partial charge in [-0.25, -0.2) is 4.39 Å². The monoisotopic (exact) mass is 179 g/mol. The Morgan fingerprint density at radius 3 is 2.77 bits per heavy atom. The summed E-state index contributed by atoms with van der Waals surface area (Å²) in [6, 6.07) is 6.67. The molecule has 1 aromatic rings. The molecule has 0 saturated carbocycles. The molecule has 0 atom stereocenters. The summed E-state index contributed by atoms with van der Waals surface area (Å²) in [6.45, 7) is 6.47. The highest BCUT2D eigenvalue weighted by Crippen LogP contribution is 2.12. The van der Waals surface area contributed by atoms with E-state index in [-0.39, 0.29) is 5.82 Å². The highest BCUT2D eigenvalue weighted by Gasteiger charge is 1.97. The predicted molar refractivity (Wildman–Crippen MR) is 54.3 cm³/mol. The third-order valence-electron chi connectivity index (χ3n) is 1.74. The zero-order chi connectivity index (χ0) is 9.68. The molecule has 0 heterocycles. The van der Waals surface area contributed by atoms with Crippen molar-refractivity contribution in [3.63, 3.8) is 0 Å². The Labute approximate surface area is 78.3 Å². The maximum Gasteiger partial charge on any atom is 0.146 e. The van der Waals surface area contributed by atoms with Crippen molar-refractivity contribution in [2.24, 2.45) is 0 Å². The van der Waals surface area contributed by atoms with Gasteiger partial charge in [-0.1, -0.05) is 17.7 Å². The molecule has 0 unspecified atom stereocenters. The molecule has 2 heteroatoms. The lowest BCUT2D eigenvalue weighted by Gasteiger charge is -2.06. The van der Waals surface area contributed by atoms with Gasteiger partial charge in [-0.3, -0.25) is 0 Å². The van der Waals surface area contributed by atoms with Crippen molar-refractivity contribution >= 4 is 5.69 Å². The van der Waals surface area contributed by atoms with Gasteiger partial charge in [0.15, 0.2) is 0 Å². The molecule has 0 fully saturated rings. The molecule has 1 nitrogen and oxygen atoms in total. The normalized spacial score (nSPS) is 9.69. The Hall–Kier alpha value is -1.31. The van der Waals surface area contributed by atoms with Crippen molar-refractivity contribution in [3.05, 3.63) is 42.2 Å². The van der Waals surface area contributed by atoms with E-state index in [1.807, 2.05) is 13.0 Å². The first-order valence-corrected chi connectivity index (χ1v) is 4.33. The Morgan fingerprint density at radius 1 is 1.46 bits per heavy atom. The van der Waals surface area contributed by atoms with Gasteiger partial charge in [0.25, 0.3) is 0 Å². The summed E-state index contributed by atoms with van der Waals surface area (Å²) in [5.74, 6) is -0.204. The topological polar surface area (TPSA) is 12.0 Å². The van der Waals surface area contributed by atoms with Crippen LogP contribution in [0, 0.1) is 5.82 Å². The number of nitrogens with one attached hydrogen (secondary N) is 1. The minimum absolute atomic E-state index is 0.204. The van der Waals surface area contributed by atoms with Gasteiger partial charge in [0.2, 0.25) is 0 Å².